The highest BCUT2D eigenvalue weighted by molar-refractivity contribution is 7.80. The Bertz CT molecular complexity index is 805. The number of carboxylic acids is 1. The molecule has 4 amide bonds. The second-order valence-electron chi connectivity index (χ2n) is 6.78. The van der Waals surface area contributed by atoms with E-state index in [1.165, 1.54) is 12.5 Å². The molecule has 14 nitrogen and oxygen atoms in total. The number of amides is 4. The molecule has 0 aliphatic carbocycles. The Hall–Kier alpha value is -3.17. The quantitative estimate of drug-likeness (QED) is 0.119. The summed E-state index contributed by atoms with van der Waals surface area (Å²) in [5, 5.41) is 25.1. The van der Waals surface area contributed by atoms with Crippen molar-refractivity contribution in [3.05, 3.63) is 18.2 Å². The van der Waals surface area contributed by atoms with Crippen LogP contribution in [0.4, 0.5) is 0 Å². The van der Waals surface area contributed by atoms with Crippen molar-refractivity contribution >= 4 is 42.2 Å². The minimum atomic E-state index is -1.58. The first-order valence-electron chi connectivity index (χ1n) is 9.45. The number of carboxylic acid groups (broad SMARTS) is 1. The molecule has 15 heteroatoms. The molecule has 0 spiro atoms. The van der Waals surface area contributed by atoms with Crippen LogP contribution in [-0.4, -0.2) is 86.3 Å². The summed E-state index contributed by atoms with van der Waals surface area (Å²) in [6, 6.07) is -5.12. The topological polar surface area (TPSA) is 243 Å². The van der Waals surface area contributed by atoms with Gasteiger partial charge in [-0.2, -0.15) is 12.6 Å². The number of carbonyl (C=O) groups is 5. The standard InChI is InChI=1S/C17H27N7O7S/c18-9(1-2-13(19)26)14(27)24-12(6-32)16(29)22-10(3-8-4-20-7-21-8)15(28)23-11(5-25)17(30)31/h4,7,9-12,25,32H,1-3,5-6,18H2,(H2,19,26)(H,20,21)(H,22,29)(H,23,28)(H,24,27)(H,30,31). The first kappa shape index (κ1) is 26.9. The van der Waals surface area contributed by atoms with E-state index in [9.17, 15) is 24.0 Å². The molecule has 1 heterocycles. The highest BCUT2D eigenvalue weighted by Crippen LogP contribution is 2.02. The smallest absolute Gasteiger partial charge is 0.328 e. The van der Waals surface area contributed by atoms with Crippen molar-refractivity contribution in [1.29, 1.82) is 0 Å². The number of hydrogen-bond acceptors (Lipinski definition) is 9. The van der Waals surface area contributed by atoms with Crippen molar-refractivity contribution in [3.63, 3.8) is 0 Å². The number of aliphatic hydroxyl groups is 1. The molecule has 1 rings (SSSR count). The van der Waals surface area contributed by atoms with Crippen molar-refractivity contribution in [2.75, 3.05) is 12.4 Å². The van der Waals surface area contributed by atoms with E-state index < -0.39 is 60.4 Å². The van der Waals surface area contributed by atoms with Crippen molar-refractivity contribution in [1.82, 2.24) is 25.9 Å². The second kappa shape index (κ2) is 13.3. The maximum Gasteiger partial charge on any atom is 0.328 e. The first-order chi connectivity index (χ1) is 15.1. The normalized spacial score (nSPS) is 14.5. The lowest BCUT2D eigenvalue weighted by Crippen LogP contribution is -2.58. The summed E-state index contributed by atoms with van der Waals surface area (Å²) in [6.45, 7) is -0.857. The lowest BCUT2D eigenvalue weighted by atomic mass is 10.1. The van der Waals surface area contributed by atoms with Gasteiger partial charge in [-0.05, 0) is 6.42 Å². The van der Waals surface area contributed by atoms with E-state index in [4.69, 9.17) is 21.7 Å². The molecule has 4 atom stereocenters. The van der Waals surface area contributed by atoms with Gasteiger partial charge < -0.3 is 42.6 Å². The molecule has 4 unspecified atom stereocenters. The third-order valence-corrected chi connectivity index (χ3v) is 4.63. The van der Waals surface area contributed by atoms with E-state index >= 15 is 0 Å². The molecule has 0 aromatic carbocycles. The van der Waals surface area contributed by atoms with Crippen LogP contribution in [0.5, 0.6) is 0 Å². The van der Waals surface area contributed by atoms with Crippen LogP contribution < -0.4 is 27.4 Å². The molecular formula is C17H27N7O7S. The third kappa shape index (κ3) is 8.91. The number of nitrogens with two attached hydrogens (primary N) is 2. The highest BCUT2D eigenvalue weighted by Gasteiger charge is 2.30. The number of hydrogen-bond donors (Lipinski definition) is 9. The molecule has 1 aromatic heterocycles. The van der Waals surface area contributed by atoms with E-state index in [0.717, 1.165) is 0 Å². The minimum absolute atomic E-state index is 0.0231. The van der Waals surface area contributed by atoms with Crippen LogP contribution in [0, 0.1) is 0 Å². The predicted molar refractivity (Wildman–Crippen MR) is 113 cm³/mol. The van der Waals surface area contributed by atoms with Gasteiger partial charge in [0.1, 0.15) is 18.1 Å². The van der Waals surface area contributed by atoms with E-state index in [-0.39, 0.29) is 25.0 Å². The Balaban J connectivity index is 2.87. The van der Waals surface area contributed by atoms with Crippen LogP contribution in [0.25, 0.3) is 0 Å². The molecule has 0 aliphatic heterocycles. The number of rotatable bonds is 14. The van der Waals surface area contributed by atoms with Gasteiger partial charge in [0.2, 0.25) is 23.6 Å². The zero-order valence-electron chi connectivity index (χ0n) is 17.0. The van der Waals surface area contributed by atoms with E-state index in [2.05, 4.69) is 38.5 Å². The van der Waals surface area contributed by atoms with Gasteiger partial charge in [0.05, 0.1) is 19.0 Å². The Morgan fingerprint density at radius 1 is 1.06 bits per heavy atom. The average Bonchev–Trinajstić information content (AvgIpc) is 3.25. The molecule has 0 fully saturated rings. The summed E-state index contributed by atoms with van der Waals surface area (Å²) in [7, 11) is 0. The number of H-pyrrole nitrogens is 1. The van der Waals surface area contributed by atoms with Gasteiger partial charge >= 0.3 is 5.97 Å². The number of primary amides is 1. The van der Waals surface area contributed by atoms with Crippen LogP contribution >= 0.6 is 12.6 Å². The van der Waals surface area contributed by atoms with Crippen LogP contribution in [0.1, 0.15) is 18.5 Å². The summed E-state index contributed by atoms with van der Waals surface area (Å²) in [4.78, 5) is 65.9. The monoisotopic (exact) mass is 473 g/mol. The molecule has 0 aliphatic rings. The zero-order valence-corrected chi connectivity index (χ0v) is 17.9. The van der Waals surface area contributed by atoms with Crippen LogP contribution in [0.15, 0.2) is 12.5 Å². The molecular weight excluding hydrogens is 446 g/mol. The lowest BCUT2D eigenvalue weighted by molar-refractivity contribution is -0.143. The molecule has 178 valence electrons. The molecule has 1 aromatic rings. The number of aromatic nitrogens is 2. The maximum absolute atomic E-state index is 12.7. The van der Waals surface area contributed by atoms with Crippen LogP contribution in [-0.2, 0) is 30.4 Å². The second-order valence-corrected chi connectivity index (χ2v) is 7.14. The molecule has 0 bridgehead atoms. The largest absolute Gasteiger partial charge is 0.480 e. The molecule has 0 saturated carbocycles. The Morgan fingerprint density at radius 3 is 2.16 bits per heavy atom. The Morgan fingerprint density at radius 2 is 1.66 bits per heavy atom. The summed E-state index contributed by atoms with van der Waals surface area (Å²) in [6.07, 6.45) is 2.53. The van der Waals surface area contributed by atoms with Gasteiger partial charge in [0, 0.05) is 30.5 Å². The first-order valence-corrected chi connectivity index (χ1v) is 10.1. The number of aliphatic hydroxyl groups excluding tert-OH is 1. The maximum atomic E-state index is 12.7. The van der Waals surface area contributed by atoms with Crippen LogP contribution in [0.2, 0.25) is 0 Å². The number of aliphatic carboxylic acids is 1. The van der Waals surface area contributed by atoms with Gasteiger partial charge in [0.25, 0.3) is 0 Å². The predicted octanol–water partition coefficient (Wildman–Crippen LogP) is -3.99. The summed E-state index contributed by atoms with van der Waals surface area (Å²) < 4.78 is 0. The van der Waals surface area contributed by atoms with Crippen molar-refractivity contribution < 1.29 is 34.2 Å². The highest BCUT2D eigenvalue weighted by atomic mass is 32.1. The van der Waals surface area contributed by atoms with Crippen molar-refractivity contribution in [3.8, 4) is 0 Å². The van der Waals surface area contributed by atoms with Crippen molar-refractivity contribution in [2.24, 2.45) is 11.5 Å². The van der Waals surface area contributed by atoms with Crippen molar-refractivity contribution in [2.45, 2.75) is 43.4 Å². The van der Waals surface area contributed by atoms with E-state index in [1.807, 2.05) is 0 Å². The Labute approximate surface area is 188 Å². The van der Waals surface area contributed by atoms with Gasteiger partial charge in [0.15, 0.2) is 0 Å². The molecule has 32 heavy (non-hydrogen) atoms. The van der Waals surface area contributed by atoms with Gasteiger partial charge in [-0.25, -0.2) is 9.78 Å². The average molecular weight is 474 g/mol. The summed E-state index contributed by atoms with van der Waals surface area (Å²) in [5.41, 5.74) is 11.2. The molecule has 10 N–H and O–H groups in total. The number of thiol groups is 1. The fraction of sp³-hybridized carbons (Fsp3) is 0.529. The van der Waals surface area contributed by atoms with Gasteiger partial charge in [-0.15, -0.1) is 0 Å². The number of imidazole rings is 1. The lowest BCUT2D eigenvalue weighted by Gasteiger charge is -2.24. The molecule has 0 saturated heterocycles. The van der Waals surface area contributed by atoms with Gasteiger partial charge in [-0.1, -0.05) is 0 Å². The van der Waals surface area contributed by atoms with Crippen LogP contribution in [0.3, 0.4) is 0 Å². The summed E-state index contributed by atoms with van der Waals surface area (Å²) >= 11 is 4.03. The Kier molecular flexibility index (Phi) is 11.2. The van der Waals surface area contributed by atoms with E-state index in [0.29, 0.717) is 5.69 Å². The van der Waals surface area contributed by atoms with E-state index in [1.54, 1.807) is 0 Å². The third-order valence-electron chi connectivity index (χ3n) is 4.26. The summed E-state index contributed by atoms with van der Waals surface area (Å²) in [5.74, 6) is -4.62. The minimum Gasteiger partial charge on any atom is -0.480 e. The number of carbonyl (C=O) groups excluding carboxylic acids is 4. The zero-order chi connectivity index (χ0) is 24.3. The number of aromatic amines is 1. The fourth-order valence-electron chi connectivity index (χ4n) is 2.46. The van der Waals surface area contributed by atoms with Gasteiger partial charge in [-0.3, -0.25) is 19.2 Å². The SMILES string of the molecule is NC(=O)CCC(N)C(=O)NC(CS)C(=O)NC(Cc1cnc[nH]1)C(=O)NC(CO)C(=O)O. The molecule has 0 radical (unpaired) electrons. The number of nitrogens with one attached hydrogen (secondary N) is 4. The fourth-order valence-corrected chi connectivity index (χ4v) is 2.71. The number of nitrogens with zero attached hydrogens (tertiary/aromatic N) is 1.